The fraction of sp³-hybridized carbons (Fsp3) is 0.600. The molecule has 2 saturated heterocycles. The third-order valence-corrected chi connectivity index (χ3v) is 7.30. The van der Waals surface area contributed by atoms with E-state index in [0.717, 1.165) is 50.9 Å². The number of carbonyl (C=O) groups is 2. The third-order valence-electron chi connectivity index (χ3n) is 7.07. The van der Waals surface area contributed by atoms with E-state index < -0.39 is 5.97 Å². The van der Waals surface area contributed by atoms with Crippen molar-refractivity contribution in [1.29, 1.82) is 0 Å². The molecule has 1 N–H and O–H groups in total. The van der Waals surface area contributed by atoms with E-state index in [2.05, 4.69) is 32.4 Å². The van der Waals surface area contributed by atoms with Gasteiger partial charge in [-0.1, -0.05) is 35.9 Å². The van der Waals surface area contributed by atoms with Crippen LogP contribution in [0.5, 0.6) is 0 Å². The van der Waals surface area contributed by atoms with Crippen LogP contribution in [0.1, 0.15) is 54.7 Å². The molecule has 2 fully saturated rings. The Morgan fingerprint density at radius 1 is 1.23 bits per heavy atom. The number of nitrogens with one attached hydrogen (secondary N) is 1. The number of esters is 1. The molecule has 10 heteroatoms. The molecule has 0 bridgehead atoms. The van der Waals surface area contributed by atoms with Crippen molar-refractivity contribution < 1.29 is 14.3 Å². The predicted molar refractivity (Wildman–Crippen MR) is 133 cm³/mol. The van der Waals surface area contributed by atoms with Crippen molar-refractivity contribution in [3.63, 3.8) is 0 Å². The summed E-state index contributed by atoms with van der Waals surface area (Å²) in [5.74, 6) is -0.469. The highest BCUT2D eigenvalue weighted by Gasteiger charge is 2.42. The van der Waals surface area contributed by atoms with Gasteiger partial charge >= 0.3 is 5.97 Å². The zero-order valence-electron chi connectivity index (χ0n) is 20.5. The molecule has 1 amide bonds. The Balaban J connectivity index is 1.43. The maximum atomic E-state index is 13.4. The number of methoxy groups -OCH3 is 1. The van der Waals surface area contributed by atoms with Crippen LogP contribution in [0.15, 0.2) is 30.5 Å². The first-order valence-electron chi connectivity index (χ1n) is 12.5. The Hall–Kier alpha value is -2.49. The topological polar surface area (TPSA) is 92.6 Å². The monoisotopic (exact) mass is 502 g/mol. The molecule has 9 nitrogen and oxygen atoms in total. The van der Waals surface area contributed by atoms with Crippen molar-refractivity contribution >= 4 is 23.5 Å². The highest BCUT2D eigenvalue weighted by Crippen LogP contribution is 2.32. The van der Waals surface area contributed by atoms with E-state index in [1.165, 1.54) is 7.11 Å². The van der Waals surface area contributed by atoms with Crippen molar-refractivity contribution in [2.75, 3.05) is 39.8 Å². The molecule has 0 spiro atoms. The Morgan fingerprint density at radius 3 is 2.74 bits per heavy atom. The molecule has 3 heterocycles. The largest absolute Gasteiger partial charge is 0.464 e. The fourth-order valence-corrected chi connectivity index (χ4v) is 5.49. The molecule has 4 rings (SSSR count). The minimum Gasteiger partial charge on any atom is -0.464 e. The van der Waals surface area contributed by atoms with E-state index in [4.69, 9.17) is 16.3 Å². The summed E-state index contributed by atoms with van der Waals surface area (Å²) in [4.78, 5) is 30.0. The highest BCUT2D eigenvalue weighted by molar-refractivity contribution is 6.30. The molecule has 2 aliphatic heterocycles. The lowest BCUT2D eigenvalue weighted by atomic mass is 10.0. The quantitative estimate of drug-likeness (QED) is 0.527. The number of rotatable bonds is 9. The highest BCUT2D eigenvalue weighted by atomic mass is 35.5. The molecule has 1 aromatic carbocycles. The van der Waals surface area contributed by atoms with Crippen LogP contribution in [0, 0.1) is 0 Å². The lowest BCUT2D eigenvalue weighted by Gasteiger charge is -2.38. The summed E-state index contributed by atoms with van der Waals surface area (Å²) in [5.41, 5.74) is 1.28. The second-order valence-corrected chi connectivity index (χ2v) is 9.86. The number of carbonyl (C=O) groups excluding carboxylic acids is 2. The van der Waals surface area contributed by atoms with Crippen molar-refractivity contribution in [2.24, 2.45) is 0 Å². The van der Waals surface area contributed by atoms with Gasteiger partial charge in [-0.25, -0.2) is 9.48 Å². The molecule has 35 heavy (non-hydrogen) atoms. The van der Waals surface area contributed by atoms with Crippen LogP contribution in [0.3, 0.4) is 0 Å². The first kappa shape index (κ1) is 25.6. The molecule has 2 aliphatic rings. The summed E-state index contributed by atoms with van der Waals surface area (Å²) in [5, 5.41) is 12.0. The predicted octanol–water partition coefficient (Wildman–Crippen LogP) is 2.57. The van der Waals surface area contributed by atoms with Gasteiger partial charge in [-0.05, 0) is 69.4 Å². The van der Waals surface area contributed by atoms with Crippen LogP contribution in [0.2, 0.25) is 5.02 Å². The Bertz CT molecular complexity index is 1010. The van der Waals surface area contributed by atoms with E-state index in [1.807, 2.05) is 24.3 Å². The lowest BCUT2D eigenvalue weighted by molar-refractivity contribution is -0.126. The summed E-state index contributed by atoms with van der Waals surface area (Å²) < 4.78 is 6.48. The fourth-order valence-electron chi connectivity index (χ4n) is 5.28. The van der Waals surface area contributed by atoms with E-state index in [9.17, 15) is 9.59 Å². The molecular formula is C25H35ClN6O3. The van der Waals surface area contributed by atoms with E-state index >= 15 is 0 Å². The van der Waals surface area contributed by atoms with Crippen LogP contribution in [0.4, 0.5) is 0 Å². The van der Waals surface area contributed by atoms with E-state index in [-0.39, 0.29) is 23.7 Å². The minimum absolute atomic E-state index is 0.0294. The maximum absolute atomic E-state index is 13.4. The van der Waals surface area contributed by atoms with Crippen molar-refractivity contribution in [1.82, 2.24) is 30.1 Å². The first-order chi connectivity index (χ1) is 17.0. The summed E-state index contributed by atoms with van der Waals surface area (Å²) in [6.45, 7) is 6.70. The second-order valence-electron chi connectivity index (χ2n) is 9.42. The number of hydrogen-bond donors (Lipinski definition) is 1. The van der Waals surface area contributed by atoms with Crippen LogP contribution >= 0.6 is 11.6 Å². The molecule has 1 aromatic heterocycles. The number of halogens is 1. The number of benzene rings is 1. The summed E-state index contributed by atoms with van der Waals surface area (Å²) in [7, 11) is 1.33. The Labute approximate surface area is 211 Å². The van der Waals surface area contributed by atoms with Gasteiger partial charge in [0.25, 0.3) is 0 Å². The number of likely N-dealkylation sites (tertiary alicyclic amines) is 2. The normalized spacial score (nSPS) is 21.8. The number of piperidine rings is 1. The summed E-state index contributed by atoms with van der Waals surface area (Å²) >= 11 is 6.09. The van der Waals surface area contributed by atoms with Gasteiger partial charge in [0, 0.05) is 24.2 Å². The van der Waals surface area contributed by atoms with Crippen molar-refractivity contribution in [3.05, 3.63) is 46.7 Å². The van der Waals surface area contributed by atoms with E-state index in [0.29, 0.717) is 30.6 Å². The van der Waals surface area contributed by atoms with Gasteiger partial charge in [0.05, 0.1) is 25.4 Å². The summed E-state index contributed by atoms with van der Waals surface area (Å²) in [6, 6.07) is 7.80. The number of amides is 1. The van der Waals surface area contributed by atoms with Gasteiger partial charge in [0.2, 0.25) is 5.91 Å². The molecule has 2 aromatic rings. The molecule has 0 aliphatic carbocycles. The number of ether oxygens (including phenoxy) is 1. The molecule has 0 unspecified atom stereocenters. The third kappa shape index (κ3) is 6.39. The first-order valence-corrected chi connectivity index (χ1v) is 12.9. The zero-order chi connectivity index (χ0) is 24.8. The van der Waals surface area contributed by atoms with Crippen LogP contribution in [0.25, 0.3) is 0 Å². The molecule has 0 saturated carbocycles. The zero-order valence-corrected chi connectivity index (χ0v) is 21.3. The average Bonchev–Trinajstić information content (AvgIpc) is 3.52. The van der Waals surface area contributed by atoms with Crippen LogP contribution < -0.4 is 5.32 Å². The van der Waals surface area contributed by atoms with Crippen LogP contribution in [-0.4, -0.2) is 88.6 Å². The molecular weight excluding hydrogens is 468 g/mol. The number of aromatic nitrogens is 3. The minimum atomic E-state index is -0.510. The molecule has 0 radical (unpaired) electrons. The van der Waals surface area contributed by atoms with Gasteiger partial charge in [-0.15, -0.1) is 5.10 Å². The van der Waals surface area contributed by atoms with Gasteiger partial charge in [-0.2, -0.15) is 0 Å². The summed E-state index contributed by atoms with van der Waals surface area (Å²) in [6.07, 6.45) is 6.22. The van der Waals surface area contributed by atoms with Gasteiger partial charge in [0.15, 0.2) is 5.69 Å². The standard InChI is InChI=1S/C25H35ClN6O3/c1-3-11-30-12-8-20(9-13-30)31-16-21(32-17-22(28-29-32)25(34)35-2)15-23(31)24(33)27-10-7-18-5-4-6-19(26)14-18/h4-6,14,17,20-21,23H,3,7-13,15-16H2,1-2H3,(H,27,33)/t21-,23-/m0/s1. The van der Waals surface area contributed by atoms with E-state index in [1.54, 1.807) is 10.9 Å². The Kier molecular flexibility index (Phi) is 8.75. The van der Waals surface area contributed by atoms with Crippen molar-refractivity contribution in [3.8, 4) is 0 Å². The smallest absolute Gasteiger partial charge is 0.360 e. The van der Waals surface area contributed by atoms with Gasteiger partial charge in [-0.3, -0.25) is 9.69 Å². The molecule has 2 atom stereocenters. The van der Waals surface area contributed by atoms with Gasteiger partial charge < -0.3 is 15.0 Å². The Morgan fingerprint density at radius 2 is 2.03 bits per heavy atom. The number of hydrogen-bond acceptors (Lipinski definition) is 7. The second kappa shape index (κ2) is 12.0. The number of nitrogens with zero attached hydrogens (tertiary/aromatic N) is 5. The van der Waals surface area contributed by atoms with Gasteiger partial charge in [0.1, 0.15) is 0 Å². The molecule has 190 valence electrons. The van der Waals surface area contributed by atoms with Crippen LogP contribution in [-0.2, 0) is 16.0 Å². The SMILES string of the molecule is CCCN1CCC(N2C[C@@H](n3cc(C(=O)OC)nn3)C[C@H]2C(=O)NCCc2cccc(Cl)c2)CC1. The van der Waals surface area contributed by atoms with Crippen molar-refractivity contribution in [2.45, 2.75) is 57.2 Å². The maximum Gasteiger partial charge on any atom is 0.360 e. The lowest BCUT2D eigenvalue weighted by Crippen LogP contribution is -2.51. The average molecular weight is 503 g/mol.